The third-order valence-corrected chi connectivity index (χ3v) is 6.61. The Morgan fingerprint density at radius 3 is 2.36 bits per heavy atom. The molecule has 4 saturated carbocycles. The quantitative estimate of drug-likeness (QED) is 0.672. The van der Waals surface area contributed by atoms with Gasteiger partial charge in [-0.15, -0.1) is 5.10 Å². The summed E-state index contributed by atoms with van der Waals surface area (Å²) in [7, 11) is 1.84. The van der Waals surface area contributed by atoms with Crippen LogP contribution in [0.4, 0.5) is 0 Å². The van der Waals surface area contributed by atoms with Gasteiger partial charge in [-0.3, -0.25) is 0 Å². The Morgan fingerprint density at radius 2 is 1.82 bits per heavy atom. The molecule has 0 radical (unpaired) electrons. The SMILES string of the molecule is CC[N+](C)(O)CCn1cc(C23CC4CC(CC(C4)C2)C3)nn1. The molecule has 4 fully saturated rings. The predicted molar refractivity (Wildman–Crippen MR) is 83.3 cm³/mol. The summed E-state index contributed by atoms with van der Waals surface area (Å²) in [5, 5.41) is 19.0. The van der Waals surface area contributed by atoms with Crippen molar-refractivity contribution in [1.29, 1.82) is 0 Å². The Morgan fingerprint density at radius 1 is 1.23 bits per heavy atom. The molecule has 5 rings (SSSR count). The lowest BCUT2D eigenvalue weighted by atomic mass is 9.49. The molecule has 1 N–H and O–H groups in total. The van der Waals surface area contributed by atoms with E-state index in [1.165, 1.54) is 44.2 Å². The van der Waals surface area contributed by atoms with Gasteiger partial charge in [-0.1, -0.05) is 5.21 Å². The van der Waals surface area contributed by atoms with Crippen molar-refractivity contribution in [3.8, 4) is 0 Å². The Bertz CT molecular complexity index is 515. The van der Waals surface area contributed by atoms with E-state index < -0.39 is 0 Å². The van der Waals surface area contributed by atoms with Gasteiger partial charge >= 0.3 is 0 Å². The van der Waals surface area contributed by atoms with Crippen LogP contribution in [-0.4, -0.2) is 45.0 Å². The van der Waals surface area contributed by atoms with Crippen LogP contribution in [-0.2, 0) is 12.0 Å². The minimum atomic E-state index is 0.0482. The first-order valence-electron chi connectivity index (χ1n) is 8.96. The van der Waals surface area contributed by atoms with Crippen molar-refractivity contribution < 1.29 is 9.85 Å². The third kappa shape index (κ3) is 2.48. The number of hydrogen-bond acceptors (Lipinski definition) is 3. The van der Waals surface area contributed by atoms with Crippen LogP contribution in [0.3, 0.4) is 0 Å². The van der Waals surface area contributed by atoms with Gasteiger partial charge in [-0.25, -0.2) is 9.89 Å². The molecule has 1 heterocycles. The molecule has 0 aromatic carbocycles. The molecule has 0 amide bonds. The monoisotopic (exact) mass is 305 g/mol. The minimum Gasteiger partial charge on any atom is -0.246 e. The van der Waals surface area contributed by atoms with E-state index in [0.29, 0.717) is 12.0 Å². The molecule has 4 aliphatic carbocycles. The van der Waals surface area contributed by atoms with Gasteiger partial charge in [0.2, 0.25) is 0 Å². The van der Waals surface area contributed by atoms with Crippen LogP contribution in [0.25, 0.3) is 0 Å². The van der Waals surface area contributed by atoms with E-state index in [4.69, 9.17) is 0 Å². The highest BCUT2D eigenvalue weighted by atomic mass is 16.5. The maximum Gasteiger partial charge on any atom is 0.128 e. The second-order valence-electron chi connectivity index (χ2n) is 8.44. The van der Waals surface area contributed by atoms with Gasteiger partial charge in [0.15, 0.2) is 0 Å². The molecule has 0 spiro atoms. The summed E-state index contributed by atoms with van der Waals surface area (Å²) in [6.07, 6.45) is 10.6. The molecule has 1 aromatic rings. The lowest BCUT2D eigenvalue weighted by Crippen LogP contribution is -2.48. The maximum atomic E-state index is 10.1. The zero-order chi connectivity index (χ0) is 15.4. The average molecular weight is 305 g/mol. The summed E-state index contributed by atoms with van der Waals surface area (Å²) in [6.45, 7) is 4.14. The van der Waals surface area contributed by atoms with Gasteiger partial charge in [0.1, 0.15) is 13.1 Å². The number of hydroxylamine groups is 3. The first-order chi connectivity index (χ1) is 10.5. The summed E-state index contributed by atoms with van der Waals surface area (Å²) in [5.74, 6) is 2.82. The highest BCUT2D eigenvalue weighted by molar-refractivity contribution is 5.20. The molecule has 4 bridgehead atoms. The summed E-state index contributed by atoms with van der Waals surface area (Å²) in [6, 6.07) is 0. The number of quaternary nitrogens is 1. The maximum absolute atomic E-state index is 10.1. The van der Waals surface area contributed by atoms with Crippen LogP contribution >= 0.6 is 0 Å². The topological polar surface area (TPSA) is 50.9 Å². The number of aromatic nitrogens is 3. The lowest BCUT2D eigenvalue weighted by molar-refractivity contribution is -1.09. The van der Waals surface area contributed by atoms with Gasteiger partial charge < -0.3 is 0 Å². The van der Waals surface area contributed by atoms with Crippen molar-refractivity contribution in [2.45, 2.75) is 57.4 Å². The molecule has 122 valence electrons. The zero-order valence-electron chi connectivity index (χ0n) is 13.9. The van der Waals surface area contributed by atoms with Crippen molar-refractivity contribution in [2.75, 3.05) is 20.1 Å². The third-order valence-electron chi connectivity index (χ3n) is 6.61. The zero-order valence-corrected chi connectivity index (χ0v) is 13.9. The molecule has 5 heteroatoms. The molecule has 5 nitrogen and oxygen atoms in total. The van der Waals surface area contributed by atoms with Gasteiger partial charge in [0.05, 0.1) is 19.3 Å². The van der Waals surface area contributed by atoms with Crippen LogP contribution in [0.1, 0.15) is 51.1 Å². The second kappa shape index (κ2) is 5.03. The fourth-order valence-electron chi connectivity index (χ4n) is 5.55. The van der Waals surface area contributed by atoms with Crippen molar-refractivity contribution in [3.05, 3.63) is 11.9 Å². The summed E-state index contributed by atoms with van der Waals surface area (Å²) < 4.78 is 1.99. The number of hydrogen-bond donors (Lipinski definition) is 1. The van der Waals surface area contributed by atoms with Gasteiger partial charge in [0.25, 0.3) is 0 Å². The molecular weight excluding hydrogens is 276 g/mol. The van der Waals surface area contributed by atoms with E-state index in [0.717, 1.165) is 30.8 Å². The van der Waals surface area contributed by atoms with Crippen molar-refractivity contribution >= 4 is 0 Å². The van der Waals surface area contributed by atoms with Crippen LogP contribution in [0.5, 0.6) is 0 Å². The second-order valence-corrected chi connectivity index (χ2v) is 8.44. The average Bonchev–Trinajstić information content (AvgIpc) is 2.94. The standard InChI is InChI=1S/C17H29N4O/c1-3-21(2,22)5-4-20-12-16(18-19-20)17-9-13-6-14(10-17)8-15(7-13)11-17/h12-15,22H,3-11H2,1-2H3/q+1. The molecule has 0 aliphatic heterocycles. The largest absolute Gasteiger partial charge is 0.246 e. The van der Waals surface area contributed by atoms with Gasteiger partial charge in [0, 0.05) is 11.6 Å². The summed E-state index contributed by atoms with van der Waals surface area (Å²) in [4.78, 5) is 0. The van der Waals surface area contributed by atoms with E-state index >= 15 is 0 Å². The Hall–Kier alpha value is -0.940. The van der Waals surface area contributed by atoms with E-state index in [1.54, 1.807) is 0 Å². The van der Waals surface area contributed by atoms with Crippen LogP contribution < -0.4 is 0 Å². The van der Waals surface area contributed by atoms with E-state index in [-0.39, 0.29) is 4.65 Å². The number of nitrogens with zero attached hydrogens (tertiary/aromatic N) is 4. The predicted octanol–water partition coefficient (Wildman–Crippen LogP) is 2.60. The normalized spacial score (nSPS) is 39.1. The first kappa shape index (κ1) is 14.6. The smallest absolute Gasteiger partial charge is 0.128 e. The molecule has 1 unspecified atom stereocenters. The lowest BCUT2D eigenvalue weighted by Gasteiger charge is -2.56. The summed E-state index contributed by atoms with van der Waals surface area (Å²) in [5.41, 5.74) is 1.56. The molecular formula is C17H29N4O+. The minimum absolute atomic E-state index is 0.0482. The van der Waals surface area contributed by atoms with Crippen molar-refractivity contribution in [3.63, 3.8) is 0 Å². The molecule has 0 saturated heterocycles. The molecule has 1 aromatic heterocycles. The highest BCUT2D eigenvalue weighted by Gasteiger charge is 2.52. The Labute approximate surface area is 132 Å². The number of rotatable bonds is 5. The fourth-order valence-corrected chi connectivity index (χ4v) is 5.55. The highest BCUT2D eigenvalue weighted by Crippen LogP contribution is 2.60. The fraction of sp³-hybridized carbons (Fsp3) is 0.882. The van der Waals surface area contributed by atoms with Crippen LogP contribution in [0.2, 0.25) is 0 Å². The van der Waals surface area contributed by atoms with Gasteiger partial charge in [-0.2, -0.15) is 4.65 Å². The first-order valence-corrected chi connectivity index (χ1v) is 8.96. The van der Waals surface area contributed by atoms with E-state index in [1.807, 2.05) is 18.7 Å². The molecule has 4 aliphatic rings. The summed E-state index contributed by atoms with van der Waals surface area (Å²) >= 11 is 0. The Balaban J connectivity index is 1.50. The Kier molecular flexibility index (Phi) is 3.35. The van der Waals surface area contributed by atoms with Crippen molar-refractivity contribution in [2.24, 2.45) is 17.8 Å². The van der Waals surface area contributed by atoms with E-state index in [2.05, 4.69) is 16.5 Å². The van der Waals surface area contributed by atoms with Crippen LogP contribution in [0.15, 0.2) is 6.20 Å². The van der Waals surface area contributed by atoms with Crippen molar-refractivity contribution in [1.82, 2.24) is 15.0 Å². The molecule has 22 heavy (non-hydrogen) atoms. The van der Waals surface area contributed by atoms with Gasteiger partial charge in [-0.05, 0) is 63.2 Å². The van der Waals surface area contributed by atoms with E-state index in [9.17, 15) is 5.21 Å². The molecule has 1 atom stereocenters. The van der Waals surface area contributed by atoms with Crippen LogP contribution in [0, 0.1) is 17.8 Å². The number of likely N-dealkylation sites (N-methyl/N-ethyl adjacent to an activating group) is 1.